The Morgan fingerprint density at radius 1 is 1.12 bits per heavy atom. The molecule has 0 aromatic heterocycles. The van der Waals surface area contributed by atoms with E-state index >= 15 is 0 Å². The van der Waals surface area contributed by atoms with Gasteiger partial charge < -0.3 is 10.1 Å². The zero-order valence-corrected chi connectivity index (χ0v) is 20.0. The number of carbonyl (C=O) groups is 1. The van der Waals surface area contributed by atoms with E-state index in [0.717, 1.165) is 0 Å². The minimum absolute atomic E-state index is 0.0347. The SMILES string of the molecule is COc1ccc(Cl)cc1S(=O)(=O)N[C@@H](Cc1ccccc1)C(=O)Nc1ccc(Br)cc1F. The average molecular weight is 542 g/mol. The lowest BCUT2D eigenvalue weighted by atomic mass is 10.1. The number of hydrogen-bond acceptors (Lipinski definition) is 4. The van der Waals surface area contributed by atoms with Crippen molar-refractivity contribution in [2.75, 3.05) is 12.4 Å². The van der Waals surface area contributed by atoms with Crippen LogP contribution in [0, 0.1) is 5.82 Å². The highest BCUT2D eigenvalue weighted by Crippen LogP contribution is 2.27. The average Bonchev–Trinajstić information content (AvgIpc) is 2.75. The van der Waals surface area contributed by atoms with Crippen molar-refractivity contribution in [3.05, 3.63) is 87.6 Å². The first-order valence-electron chi connectivity index (χ1n) is 9.35. The van der Waals surface area contributed by atoms with Crippen molar-refractivity contribution in [2.45, 2.75) is 17.4 Å². The van der Waals surface area contributed by atoms with Gasteiger partial charge in [-0.05, 0) is 48.4 Å². The van der Waals surface area contributed by atoms with E-state index in [-0.39, 0.29) is 27.8 Å². The zero-order valence-electron chi connectivity index (χ0n) is 16.8. The molecular formula is C22H19BrClFN2O4S. The molecule has 0 bridgehead atoms. The molecule has 1 amide bonds. The monoisotopic (exact) mass is 540 g/mol. The first kappa shape index (κ1) is 24.2. The maximum atomic E-state index is 14.2. The second-order valence-corrected chi connectivity index (χ2v) is 9.81. The second-order valence-electron chi connectivity index (χ2n) is 6.77. The molecule has 3 rings (SSSR count). The van der Waals surface area contributed by atoms with Crippen LogP contribution in [0.15, 0.2) is 76.1 Å². The van der Waals surface area contributed by atoms with Crippen LogP contribution in [0.4, 0.5) is 10.1 Å². The second kappa shape index (κ2) is 10.4. The van der Waals surface area contributed by atoms with Gasteiger partial charge in [0.2, 0.25) is 15.9 Å². The van der Waals surface area contributed by atoms with E-state index in [2.05, 4.69) is 26.0 Å². The molecule has 1 atom stereocenters. The third-order valence-corrected chi connectivity index (χ3v) is 6.72. The van der Waals surface area contributed by atoms with Gasteiger partial charge in [-0.3, -0.25) is 4.79 Å². The van der Waals surface area contributed by atoms with Crippen LogP contribution in [0.5, 0.6) is 5.75 Å². The Balaban J connectivity index is 1.93. The lowest BCUT2D eigenvalue weighted by molar-refractivity contribution is -0.117. The molecule has 6 nitrogen and oxygen atoms in total. The summed E-state index contributed by atoms with van der Waals surface area (Å²) < 4.78 is 48.5. The van der Waals surface area contributed by atoms with E-state index in [1.54, 1.807) is 36.4 Å². The Hall–Kier alpha value is -2.46. The normalized spacial score (nSPS) is 12.2. The molecule has 0 saturated carbocycles. The highest BCUT2D eigenvalue weighted by atomic mass is 79.9. The van der Waals surface area contributed by atoms with Crippen molar-refractivity contribution >= 4 is 49.1 Å². The Morgan fingerprint density at radius 2 is 1.84 bits per heavy atom. The summed E-state index contributed by atoms with van der Waals surface area (Å²) in [5.41, 5.74) is 0.639. The predicted molar refractivity (Wildman–Crippen MR) is 125 cm³/mol. The van der Waals surface area contributed by atoms with E-state index < -0.39 is 27.8 Å². The number of amides is 1. The Bertz CT molecular complexity index is 1230. The number of benzene rings is 3. The number of sulfonamides is 1. The van der Waals surface area contributed by atoms with E-state index in [0.29, 0.717) is 10.0 Å². The summed E-state index contributed by atoms with van der Waals surface area (Å²) in [5, 5.41) is 2.64. The van der Waals surface area contributed by atoms with Crippen molar-refractivity contribution in [2.24, 2.45) is 0 Å². The van der Waals surface area contributed by atoms with Crippen molar-refractivity contribution in [1.29, 1.82) is 0 Å². The molecule has 0 radical (unpaired) electrons. The highest BCUT2D eigenvalue weighted by molar-refractivity contribution is 9.10. The van der Waals surface area contributed by atoms with Crippen LogP contribution >= 0.6 is 27.5 Å². The quantitative estimate of drug-likeness (QED) is 0.430. The molecule has 0 aliphatic carbocycles. The van der Waals surface area contributed by atoms with Gasteiger partial charge in [0.1, 0.15) is 22.5 Å². The summed E-state index contributed by atoms with van der Waals surface area (Å²) >= 11 is 9.13. The van der Waals surface area contributed by atoms with Crippen LogP contribution in [0.1, 0.15) is 5.56 Å². The van der Waals surface area contributed by atoms with Gasteiger partial charge in [-0.15, -0.1) is 0 Å². The minimum atomic E-state index is -4.22. The fraction of sp³-hybridized carbons (Fsp3) is 0.136. The van der Waals surface area contributed by atoms with E-state index in [1.165, 1.54) is 37.4 Å². The molecule has 168 valence electrons. The topological polar surface area (TPSA) is 84.5 Å². The summed E-state index contributed by atoms with van der Waals surface area (Å²) in [5.74, 6) is -1.31. The smallest absolute Gasteiger partial charge is 0.245 e. The molecule has 2 N–H and O–H groups in total. The Labute approximate surface area is 198 Å². The number of hydrogen-bond donors (Lipinski definition) is 2. The van der Waals surface area contributed by atoms with Crippen LogP contribution < -0.4 is 14.8 Å². The molecule has 32 heavy (non-hydrogen) atoms. The molecule has 3 aromatic carbocycles. The fourth-order valence-electron chi connectivity index (χ4n) is 2.96. The van der Waals surface area contributed by atoms with Gasteiger partial charge in [0.05, 0.1) is 12.8 Å². The number of carbonyl (C=O) groups excluding carboxylic acids is 1. The molecular weight excluding hydrogens is 523 g/mol. The summed E-state index contributed by atoms with van der Waals surface area (Å²) in [6.07, 6.45) is 0.0347. The molecule has 3 aromatic rings. The lowest BCUT2D eigenvalue weighted by Crippen LogP contribution is -2.45. The Morgan fingerprint density at radius 3 is 2.50 bits per heavy atom. The summed E-state index contributed by atoms with van der Waals surface area (Å²) in [7, 11) is -2.89. The largest absolute Gasteiger partial charge is 0.495 e. The summed E-state index contributed by atoms with van der Waals surface area (Å²) in [6.45, 7) is 0. The minimum Gasteiger partial charge on any atom is -0.495 e. The molecule has 10 heteroatoms. The summed E-state index contributed by atoms with van der Waals surface area (Å²) in [4.78, 5) is 12.8. The molecule has 0 fully saturated rings. The van der Waals surface area contributed by atoms with Gasteiger partial charge in [0.15, 0.2) is 0 Å². The van der Waals surface area contributed by atoms with Crippen molar-refractivity contribution in [1.82, 2.24) is 4.72 Å². The van der Waals surface area contributed by atoms with Crippen LogP contribution in [0.25, 0.3) is 0 Å². The van der Waals surface area contributed by atoms with E-state index in [9.17, 15) is 17.6 Å². The number of anilines is 1. The van der Waals surface area contributed by atoms with E-state index in [1.807, 2.05) is 0 Å². The molecule has 0 aliphatic rings. The molecule has 0 spiro atoms. The molecule has 0 heterocycles. The van der Waals surface area contributed by atoms with Gasteiger partial charge in [-0.2, -0.15) is 4.72 Å². The maximum Gasteiger partial charge on any atom is 0.245 e. The first-order chi connectivity index (χ1) is 15.2. The number of halogens is 3. The molecule has 0 aliphatic heterocycles. The standard InChI is InChI=1S/C22H19BrClFN2O4S/c1-31-20-10-8-16(24)13-21(20)32(29,30)27-19(11-14-5-3-2-4-6-14)22(28)26-18-9-7-15(23)12-17(18)25/h2-10,12-13,19,27H,11H2,1H3,(H,26,28)/t19-/m0/s1. The number of nitrogens with one attached hydrogen (secondary N) is 2. The maximum absolute atomic E-state index is 14.2. The van der Waals surface area contributed by atoms with Gasteiger partial charge >= 0.3 is 0 Å². The summed E-state index contributed by atoms with van der Waals surface area (Å²) in [6, 6.07) is 15.9. The van der Waals surface area contributed by atoms with Crippen molar-refractivity contribution < 1.29 is 22.3 Å². The van der Waals surface area contributed by atoms with Gasteiger partial charge in [0.25, 0.3) is 0 Å². The molecule has 0 unspecified atom stereocenters. The highest BCUT2D eigenvalue weighted by Gasteiger charge is 2.29. The van der Waals surface area contributed by atoms with Crippen molar-refractivity contribution in [3.63, 3.8) is 0 Å². The van der Waals surface area contributed by atoms with E-state index in [4.69, 9.17) is 16.3 Å². The van der Waals surface area contributed by atoms with Crippen LogP contribution in [-0.4, -0.2) is 27.5 Å². The van der Waals surface area contributed by atoms with Crippen molar-refractivity contribution in [3.8, 4) is 5.75 Å². The Kier molecular flexibility index (Phi) is 7.89. The third-order valence-electron chi connectivity index (χ3n) is 4.50. The predicted octanol–water partition coefficient (Wildman–Crippen LogP) is 4.78. The van der Waals surface area contributed by atoms with Gasteiger partial charge in [-0.25, -0.2) is 12.8 Å². The number of rotatable bonds is 8. The fourth-order valence-corrected chi connectivity index (χ4v) is 4.92. The van der Waals surface area contributed by atoms with Crippen LogP contribution in [0.2, 0.25) is 5.02 Å². The third kappa shape index (κ3) is 6.07. The number of methoxy groups -OCH3 is 1. The zero-order chi connectivity index (χ0) is 23.3. The van der Waals surface area contributed by atoms with Gasteiger partial charge in [0, 0.05) is 9.50 Å². The molecule has 0 saturated heterocycles. The first-order valence-corrected chi connectivity index (χ1v) is 12.0. The van der Waals surface area contributed by atoms with Gasteiger partial charge in [-0.1, -0.05) is 57.9 Å². The van der Waals surface area contributed by atoms with Crippen LogP contribution in [-0.2, 0) is 21.2 Å². The lowest BCUT2D eigenvalue weighted by Gasteiger charge is -2.20. The number of ether oxygens (including phenoxy) is 1. The van der Waals surface area contributed by atoms with Crippen LogP contribution in [0.3, 0.4) is 0 Å².